The van der Waals surface area contributed by atoms with Crippen LogP contribution in [-0.4, -0.2) is 43.5 Å². The molecule has 132 valence electrons. The van der Waals surface area contributed by atoms with Gasteiger partial charge < -0.3 is 15.8 Å². The molecule has 0 radical (unpaired) electrons. The second-order valence-corrected chi connectivity index (χ2v) is 7.16. The number of nitrogens with one attached hydrogen (secondary N) is 1. The molecule has 11 heteroatoms. The van der Waals surface area contributed by atoms with Crippen LogP contribution in [0.2, 0.25) is 0 Å². The summed E-state index contributed by atoms with van der Waals surface area (Å²) in [6, 6.07) is 1.60. The van der Waals surface area contributed by atoms with Gasteiger partial charge in [-0.25, -0.2) is 18.5 Å². The average molecular weight is 355 g/mol. The van der Waals surface area contributed by atoms with Gasteiger partial charge in [0, 0.05) is 19.3 Å². The molecule has 1 aromatic rings. The molecule has 0 aromatic carbocycles. The number of hydrogen-bond donors (Lipinski definition) is 4. The molecule has 1 saturated heterocycles. The lowest BCUT2D eigenvalue weighted by molar-refractivity contribution is 0.110. The molecule has 0 amide bonds. The first-order chi connectivity index (χ1) is 11.3. The minimum Gasteiger partial charge on any atom is -0.393 e. The van der Waals surface area contributed by atoms with E-state index in [0.717, 1.165) is 12.8 Å². The lowest BCUT2D eigenvalue weighted by Crippen LogP contribution is -2.38. The van der Waals surface area contributed by atoms with Crippen LogP contribution in [0, 0.1) is 11.3 Å². The van der Waals surface area contributed by atoms with Crippen molar-refractivity contribution in [3.05, 3.63) is 17.8 Å². The van der Waals surface area contributed by atoms with Gasteiger partial charge in [-0.15, -0.1) is 5.11 Å². The van der Waals surface area contributed by atoms with Gasteiger partial charge >= 0.3 is 0 Å². The molecule has 1 unspecified atom stereocenters. The fourth-order valence-corrected chi connectivity index (χ4v) is 3.56. The zero-order valence-electron chi connectivity index (χ0n) is 13.3. The van der Waals surface area contributed by atoms with Crippen molar-refractivity contribution >= 4 is 21.5 Å². The number of aromatic nitrogens is 1. The Morgan fingerprint density at radius 2 is 2.12 bits per heavy atom. The maximum atomic E-state index is 11.8. The molecule has 1 aromatic heterocycles. The monoisotopic (exact) mass is 355 g/mol. The Kier molecular flexibility index (Phi) is 5.47. The van der Waals surface area contributed by atoms with Gasteiger partial charge in [-0.1, -0.05) is 5.22 Å². The van der Waals surface area contributed by atoms with E-state index in [0.29, 0.717) is 18.8 Å². The molecule has 1 aliphatic rings. The maximum Gasteiger partial charge on any atom is 0.256 e. The molecule has 2 heterocycles. The number of amidine groups is 1. The number of sulfonamides is 1. The number of nitrogens with two attached hydrogens (primary N) is 2. The topological polar surface area (TPSA) is 171 Å². The van der Waals surface area contributed by atoms with E-state index in [1.807, 2.05) is 4.90 Å². The number of nitrogens with zero attached hydrogens (tertiary/aromatic N) is 4. The second-order valence-electron chi connectivity index (χ2n) is 5.68. The van der Waals surface area contributed by atoms with Crippen molar-refractivity contribution in [1.82, 2.24) is 4.98 Å². The van der Waals surface area contributed by atoms with Gasteiger partial charge in [0.2, 0.25) is 0 Å². The quantitative estimate of drug-likeness (QED) is 0.194. The molecule has 0 spiro atoms. The highest BCUT2D eigenvalue weighted by molar-refractivity contribution is 7.89. The molecule has 1 fully saturated rings. The average Bonchev–Trinajstić information content (AvgIpc) is 2.53. The summed E-state index contributed by atoms with van der Waals surface area (Å²) in [4.78, 5) is 5.71. The van der Waals surface area contributed by atoms with Crippen LogP contribution in [0.25, 0.3) is 0 Å². The molecule has 6 N–H and O–H groups in total. The van der Waals surface area contributed by atoms with Crippen molar-refractivity contribution in [2.45, 2.75) is 30.9 Å². The highest BCUT2D eigenvalue weighted by Gasteiger charge is 2.28. The van der Waals surface area contributed by atoms with Crippen molar-refractivity contribution in [3.63, 3.8) is 0 Å². The predicted octanol–water partition coefficient (Wildman–Crippen LogP) is -0.0225. The third kappa shape index (κ3) is 3.86. The van der Waals surface area contributed by atoms with Crippen LogP contribution in [0.3, 0.4) is 0 Å². The first kappa shape index (κ1) is 18.2. The van der Waals surface area contributed by atoms with Crippen molar-refractivity contribution in [1.29, 1.82) is 5.41 Å². The van der Waals surface area contributed by atoms with Gasteiger partial charge in [-0.05, 0) is 31.7 Å². The highest BCUT2D eigenvalue weighted by Crippen LogP contribution is 2.30. The van der Waals surface area contributed by atoms with Gasteiger partial charge in [0.15, 0.2) is 10.9 Å². The molecule has 1 aliphatic heterocycles. The molecular formula is C13H21N7O3S. The maximum absolute atomic E-state index is 11.8. The predicted molar refractivity (Wildman–Crippen MR) is 88.1 cm³/mol. The Morgan fingerprint density at radius 1 is 1.50 bits per heavy atom. The van der Waals surface area contributed by atoms with E-state index in [2.05, 4.69) is 15.3 Å². The number of rotatable bonds is 4. The van der Waals surface area contributed by atoms with Gasteiger partial charge in [-0.2, -0.15) is 0 Å². The van der Waals surface area contributed by atoms with E-state index < -0.39 is 27.0 Å². The van der Waals surface area contributed by atoms with Gasteiger partial charge in [0.05, 0.1) is 17.4 Å². The summed E-state index contributed by atoms with van der Waals surface area (Å²) in [6.45, 7) is 2.96. The number of pyridine rings is 1. The standard InChI is InChI=1S/C13H21N7O3S/c1-8(21)9-3-6-20(7-4-9)10-2-5-17-13(24(16,22)23)11(10)12(14)18-19-15/h2,5,8-9,21H,3-4,6-7H2,1H3,(H3,14,15,18)(H2,16,22,23). The lowest BCUT2D eigenvalue weighted by atomic mass is 9.92. The molecule has 2 rings (SSSR count). The Morgan fingerprint density at radius 3 is 2.62 bits per heavy atom. The highest BCUT2D eigenvalue weighted by atomic mass is 32.2. The Hall–Kier alpha value is -2.11. The number of aliphatic hydroxyl groups excluding tert-OH is 1. The summed E-state index contributed by atoms with van der Waals surface area (Å²) in [6.07, 6.45) is 2.42. The Labute approximate surface area is 140 Å². The van der Waals surface area contributed by atoms with Crippen LogP contribution in [0.15, 0.2) is 27.6 Å². The summed E-state index contributed by atoms with van der Waals surface area (Å²) < 4.78 is 23.6. The zero-order chi connectivity index (χ0) is 17.9. The molecule has 10 nitrogen and oxygen atoms in total. The van der Waals surface area contributed by atoms with E-state index in [9.17, 15) is 13.5 Å². The number of primary sulfonamides is 1. The molecule has 0 bridgehead atoms. The molecule has 0 aliphatic carbocycles. The van der Waals surface area contributed by atoms with Gasteiger partial charge in [-0.3, -0.25) is 5.41 Å². The Balaban J connectivity index is 2.45. The van der Waals surface area contributed by atoms with Crippen LogP contribution in [0.5, 0.6) is 0 Å². The summed E-state index contributed by atoms with van der Waals surface area (Å²) in [5.74, 6) is 4.74. The zero-order valence-corrected chi connectivity index (χ0v) is 14.1. The third-order valence-electron chi connectivity index (χ3n) is 4.12. The summed E-state index contributed by atoms with van der Waals surface area (Å²) in [5, 5.41) is 28.9. The number of aliphatic hydroxyl groups is 1. The van der Waals surface area contributed by atoms with Crippen LogP contribution in [0.1, 0.15) is 25.3 Å². The van der Waals surface area contributed by atoms with Crippen LogP contribution in [0.4, 0.5) is 5.69 Å². The number of hydrogen-bond acceptors (Lipinski definition) is 7. The molecule has 0 saturated carbocycles. The van der Waals surface area contributed by atoms with Gasteiger partial charge in [0.25, 0.3) is 10.0 Å². The summed E-state index contributed by atoms with van der Waals surface area (Å²) >= 11 is 0. The van der Waals surface area contributed by atoms with Crippen LogP contribution >= 0.6 is 0 Å². The minimum atomic E-state index is -4.14. The van der Waals surface area contributed by atoms with E-state index in [4.69, 9.17) is 16.4 Å². The van der Waals surface area contributed by atoms with E-state index >= 15 is 0 Å². The molecule has 1 atom stereocenters. The van der Waals surface area contributed by atoms with Crippen LogP contribution < -0.4 is 15.9 Å². The largest absolute Gasteiger partial charge is 0.393 e. The minimum absolute atomic E-state index is 0.0234. The van der Waals surface area contributed by atoms with E-state index in [1.165, 1.54) is 6.20 Å². The van der Waals surface area contributed by atoms with Crippen molar-refractivity contribution < 1.29 is 13.5 Å². The summed E-state index contributed by atoms with van der Waals surface area (Å²) in [5.41, 5.74) is 0.458. The van der Waals surface area contributed by atoms with Crippen LogP contribution in [-0.2, 0) is 10.0 Å². The first-order valence-electron chi connectivity index (χ1n) is 7.40. The number of piperidine rings is 1. The SMILES string of the molecule is CC(O)C1CCN(c2ccnc(S(N)(=O)=O)c2C(=N)N=NN)CC1. The Bertz CT molecular complexity index is 740. The third-order valence-corrected chi connectivity index (χ3v) is 4.97. The molecular weight excluding hydrogens is 334 g/mol. The van der Waals surface area contributed by atoms with Gasteiger partial charge in [0.1, 0.15) is 0 Å². The van der Waals surface area contributed by atoms with Crippen molar-refractivity contribution in [3.8, 4) is 0 Å². The van der Waals surface area contributed by atoms with E-state index in [-0.39, 0.29) is 11.5 Å². The lowest BCUT2D eigenvalue weighted by Gasteiger charge is -2.35. The molecule has 24 heavy (non-hydrogen) atoms. The smallest absolute Gasteiger partial charge is 0.256 e. The summed E-state index contributed by atoms with van der Waals surface area (Å²) in [7, 11) is -4.14. The second kappa shape index (κ2) is 7.20. The fourth-order valence-electron chi connectivity index (χ4n) is 2.87. The fraction of sp³-hybridized carbons (Fsp3) is 0.538. The normalized spacial score (nSPS) is 18.0. The van der Waals surface area contributed by atoms with Crippen molar-refractivity contribution in [2.75, 3.05) is 18.0 Å². The van der Waals surface area contributed by atoms with E-state index in [1.54, 1.807) is 13.0 Å². The number of anilines is 1. The first-order valence-corrected chi connectivity index (χ1v) is 8.95. The van der Waals surface area contributed by atoms with Crippen molar-refractivity contribution in [2.24, 2.45) is 27.2 Å².